The minimum absolute atomic E-state index is 0.132. The molecule has 1 atom stereocenters. The molecule has 21 heavy (non-hydrogen) atoms. The van der Waals surface area contributed by atoms with Crippen LogP contribution < -0.4 is 4.74 Å². The molecule has 0 spiro atoms. The summed E-state index contributed by atoms with van der Waals surface area (Å²) in [6, 6.07) is 7.71. The summed E-state index contributed by atoms with van der Waals surface area (Å²) in [6.07, 6.45) is -0.316. The minimum Gasteiger partial charge on any atom is -0.491 e. The zero-order valence-electron chi connectivity index (χ0n) is 13.5. The first-order chi connectivity index (χ1) is 9.85. The number of ether oxygens (including phenoxy) is 2. The molecule has 4 heteroatoms. The Morgan fingerprint density at radius 2 is 1.95 bits per heavy atom. The van der Waals surface area contributed by atoms with Crippen LogP contribution in [0.15, 0.2) is 24.3 Å². The third-order valence-electron chi connectivity index (χ3n) is 3.57. The Hall–Kier alpha value is -1.10. The maximum absolute atomic E-state index is 10.4. The fraction of sp³-hybridized carbons (Fsp3) is 0.647. The maximum Gasteiger partial charge on any atom is 0.119 e. The molecule has 1 unspecified atom stereocenters. The lowest BCUT2D eigenvalue weighted by molar-refractivity contribution is -0.0932. The second kappa shape index (κ2) is 6.77. The Bertz CT molecular complexity index is 442. The van der Waals surface area contributed by atoms with Gasteiger partial charge < -0.3 is 14.6 Å². The number of rotatable bonds is 5. The highest BCUT2D eigenvalue weighted by atomic mass is 16.5. The molecule has 0 amide bonds. The van der Waals surface area contributed by atoms with Gasteiger partial charge in [0.1, 0.15) is 5.75 Å². The Labute approximate surface area is 127 Å². The molecule has 1 N–H and O–H groups in total. The molecular weight excluding hydrogens is 266 g/mol. The number of hydrogen-bond donors (Lipinski definition) is 1. The van der Waals surface area contributed by atoms with Crippen molar-refractivity contribution in [2.45, 2.75) is 45.5 Å². The molecule has 118 valence electrons. The van der Waals surface area contributed by atoms with Gasteiger partial charge in [-0.05, 0) is 45.4 Å². The Morgan fingerprint density at radius 3 is 2.52 bits per heavy atom. The predicted octanol–water partition coefficient (Wildman–Crippen LogP) is 2.62. The van der Waals surface area contributed by atoms with E-state index in [0.29, 0.717) is 6.54 Å². The summed E-state index contributed by atoms with van der Waals surface area (Å²) < 4.78 is 11.3. The lowest BCUT2D eigenvalue weighted by Crippen LogP contribution is -2.49. The number of benzene rings is 1. The molecule has 1 aromatic rings. The van der Waals surface area contributed by atoms with Crippen LogP contribution in [0.2, 0.25) is 0 Å². The van der Waals surface area contributed by atoms with E-state index in [1.54, 1.807) is 0 Å². The van der Waals surface area contributed by atoms with Crippen molar-refractivity contribution in [1.82, 2.24) is 4.90 Å². The highest BCUT2D eigenvalue weighted by Crippen LogP contribution is 2.22. The van der Waals surface area contributed by atoms with E-state index >= 15 is 0 Å². The van der Waals surface area contributed by atoms with Gasteiger partial charge in [-0.3, -0.25) is 4.90 Å². The predicted molar refractivity (Wildman–Crippen MR) is 83.6 cm³/mol. The van der Waals surface area contributed by atoms with E-state index < -0.39 is 6.10 Å². The number of nitrogens with zero attached hydrogens (tertiary/aromatic N) is 1. The molecule has 1 aromatic carbocycles. The van der Waals surface area contributed by atoms with Gasteiger partial charge >= 0.3 is 0 Å². The van der Waals surface area contributed by atoms with Crippen molar-refractivity contribution < 1.29 is 14.6 Å². The van der Waals surface area contributed by atoms with E-state index in [1.165, 1.54) is 0 Å². The average molecular weight is 293 g/mol. The summed E-state index contributed by atoms with van der Waals surface area (Å²) in [4.78, 5) is 2.26. The molecule has 0 radical (unpaired) electrons. The van der Waals surface area contributed by atoms with Crippen molar-refractivity contribution in [2.24, 2.45) is 0 Å². The summed E-state index contributed by atoms with van der Waals surface area (Å²) >= 11 is 0. The van der Waals surface area contributed by atoms with Crippen LogP contribution in [0, 0.1) is 0 Å². The number of β-amino-alcohol motifs (C(OH)–C–C–N with tert-alkyl or cyclic N) is 1. The molecule has 1 aliphatic heterocycles. The van der Waals surface area contributed by atoms with Gasteiger partial charge in [-0.25, -0.2) is 0 Å². The smallest absolute Gasteiger partial charge is 0.119 e. The summed E-state index contributed by atoms with van der Waals surface area (Å²) in [7, 11) is 0. The third kappa shape index (κ3) is 4.99. The van der Waals surface area contributed by atoms with E-state index in [9.17, 15) is 5.11 Å². The first-order valence-corrected chi connectivity index (χ1v) is 7.67. The summed E-state index contributed by atoms with van der Waals surface area (Å²) in [5, 5.41) is 10.4. The van der Waals surface area contributed by atoms with Crippen LogP contribution in [0.25, 0.3) is 0 Å². The minimum atomic E-state index is -0.480. The molecular formula is C17H27NO3. The van der Waals surface area contributed by atoms with Crippen LogP contribution in [0.5, 0.6) is 5.75 Å². The van der Waals surface area contributed by atoms with Gasteiger partial charge in [0.2, 0.25) is 0 Å². The molecule has 1 fully saturated rings. The lowest BCUT2D eigenvalue weighted by Gasteiger charge is -2.38. The zero-order chi connectivity index (χ0) is 15.5. The molecule has 0 saturated carbocycles. The van der Waals surface area contributed by atoms with Crippen molar-refractivity contribution >= 4 is 0 Å². The highest BCUT2D eigenvalue weighted by Gasteiger charge is 2.28. The highest BCUT2D eigenvalue weighted by molar-refractivity contribution is 5.28. The fourth-order valence-corrected chi connectivity index (χ4v) is 2.66. The van der Waals surface area contributed by atoms with Gasteiger partial charge in [0.25, 0.3) is 0 Å². The van der Waals surface area contributed by atoms with E-state index in [1.807, 2.05) is 38.1 Å². The second-order valence-electron chi connectivity index (χ2n) is 6.59. The van der Waals surface area contributed by atoms with Crippen molar-refractivity contribution in [1.29, 1.82) is 0 Å². The quantitative estimate of drug-likeness (QED) is 0.906. The van der Waals surface area contributed by atoms with Gasteiger partial charge in [0.05, 0.1) is 24.4 Å². The van der Waals surface area contributed by atoms with Crippen molar-refractivity contribution in [3.63, 3.8) is 0 Å². The van der Waals surface area contributed by atoms with Crippen molar-refractivity contribution in [2.75, 3.05) is 26.2 Å². The fourth-order valence-electron chi connectivity index (χ4n) is 2.66. The van der Waals surface area contributed by atoms with Gasteiger partial charge in [-0.2, -0.15) is 0 Å². The monoisotopic (exact) mass is 293 g/mol. The van der Waals surface area contributed by atoms with Crippen molar-refractivity contribution in [3.8, 4) is 5.75 Å². The van der Waals surface area contributed by atoms with Crippen LogP contribution in [-0.2, 0) is 4.74 Å². The van der Waals surface area contributed by atoms with Crippen LogP contribution >= 0.6 is 0 Å². The Kier molecular flexibility index (Phi) is 5.25. The molecule has 4 nitrogen and oxygen atoms in total. The van der Waals surface area contributed by atoms with E-state index in [0.717, 1.165) is 31.0 Å². The van der Waals surface area contributed by atoms with Gasteiger partial charge in [0.15, 0.2) is 0 Å². The SMILES string of the molecule is CC(C)Oc1ccc(C(O)CN2CCOC(C)(C)C2)cc1. The number of aliphatic hydroxyl groups excluding tert-OH is 1. The topological polar surface area (TPSA) is 41.9 Å². The largest absolute Gasteiger partial charge is 0.491 e. The summed E-state index contributed by atoms with van der Waals surface area (Å²) in [5.74, 6) is 0.841. The normalized spacial score (nSPS) is 20.5. The van der Waals surface area contributed by atoms with Crippen molar-refractivity contribution in [3.05, 3.63) is 29.8 Å². The van der Waals surface area contributed by atoms with Crippen LogP contribution in [-0.4, -0.2) is 48.0 Å². The van der Waals surface area contributed by atoms with E-state index in [4.69, 9.17) is 9.47 Å². The van der Waals surface area contributed by atoms with Gasteiger partial charge in [0, 0.05) is 19.6 Å². The van der Waals surface area contributed by atoms with E-state index in [2.05, 4.69) is 18.7 Å². The molecule has 0 aliphatic carbocycles. The first kappa shape index (κ1) is 16.3. The molecule has 0 bridgehead atoms. The van der Waals surface area contributed by atoms with Gasteiger partial charge in [-0.1, -0.05) is 12.1 Å². The Balaban J connectivity index is 1.92. The summed E-state index contributed by atoms with van der Waals surface area (Å²) in [5.41, 5.74) is 0.794. The van der Waals surface area contributed by atoms with Gasteiger partial charge in [-0.15, -0.1) is 0 Å². The van der Waals surface area contributed by atoms with Crippen LogP contribution in [0.3, 0.4) is 0 Å². The molecule has 1 heterocycles. The second-order valence-corrected chi connectivity index (χ2v) is 6.59. The number of morpholine rings is 1. The third-order valence-corrected chi connectivity index (χ3v) is 3.57. The zero-order valence-corrected chi connectivity index (χ0v) is 13.5. The van der Waals surface area contributed by atoms with Crippen LogP contribution in [0.4, 0.5) is 0 Å². The maximum atomic E-state index is 10.4. The molecule has 2 rings (SSSR count). The lowest BCUT2D eigenvalue weighted by atomic mass is 10.0. The molecule has 0 aromatic heterocycles. The first-order valence-electron chi connectivity index (χ1n) is 7.67. The Morgan fingerprint density at radius 1 is 1.29 bits per heavy atom. The summed E-state index contributed by atoms with van der Waals surface area (Å²) in [6.45, 7) is 11.3. The molecule has 1 saturated heterocycles. The number of hydrogen-bond acceptors (Lipinski definition) is 4. The van der Waals surface area contributed by atoms with E-state index in [-0.39, 0.29) is 11.7 Å². The van der Waals surface area contributed by atoms with Crippen LogP contribution in [0.1, 0.15) is 39.4 Å². The average Bonchev–Trinajstić information content (AvgIpc) is 2.37. The molecule has 1 aliphatic rings. The number of aliphatic hydroxyl groups is 1. The standard InChI is InChI=1S/C17H27NO3/c1-13(2)21-15-7-5-14(6-8-15)16(19)11-18-9-10-20-17(3,4)12-18/h5-8,13,16,19H,9-12H2,1-4H3.